The quantitative estimate of drug-likeness (QED) is 0.638. The summed E-state index contributed by atoms with van der Waals surface area (Å²) in [4.78, 5) is 16.8. The second-order valence-electron chi connectivity index (χ2n) is 7.24. The van der Waals surface area contributed by atoms with Crippen molar-refractivity contribution in [3.63, 3.8) is 0 Å². The maximum absolute atomic E-state index is 12.4. The molecule has 0 radical (unpaired) electrons. The van der Waals surface area contributed by atoms with Gasteiger partial charge in [-0.15, -0.1) is 0 Å². The third-order valence-electron chi connectivity index (χ3n) is 5.28. The minimum absolute atomic E-state index is 0.238. The van der Waals surface area contributed by atoms with E-state index in [9.17, 15) is 4.79 Å². The van der Waals surface area contributed by atoms with Gasteiger partial charge in [0, 0.05) is 31.9 Å². The molecule has 25 heavy (non-hydrogen) atoms. The minimum atomic E-state index is 0.238. The lowest BCUT2D eigenvalue weighted by Gasteiger charge is -2.36. The van der Waals surface area contributed by atoms with Crippen LogP contribution >= 0.6 is 0 Å². The molecule has 0 saturated carbocycles. The van der Waals surface area contributed by atoms with E-state index in [1.165, 1.54) is 36.9 Å². The molecule has 0 atom stereocenters. The van der Waals surface area contributed by atoms with E-state index in [1.54, 1.807) is 5.57 Å². The van der Waals surface area contributed by atoms with Gasteiger partial charge in [-0.25, -0.2) is 0 Å². The molecular weight excluding hydrogens is 310 g/mol. The van der Waals surface area contributed by atoms with Gasteiger partial charge in [-0.1, -0.05) is 23.8 Å². The van der Waals surface area contributed by atoms with Crippen LogP contribution in [-0.4, -0.2) is 50.1 Å². The fraction of sp³-hybridized carbons (Fsp3) is 0.571. The summed E-state index contributed by atoms with van der Waals surface area (Å²) in [5, 5.41) is 3.33. The Morgan fingerprint density at radius 1 is 1.16 bits per heavy atom. The first-order chi connectivity index (χ1) is 12.2. The van der Waals surface area contributed by atoms with Gasteiger partial charge in [0.2, 0.25) is 5.91 Å². The van der Waals surface area contributed by atoms with Crippen molar-refractivity contribution in [1.29, 1.82) is 0 Å². The Hall–Kier alpha value is -1.81. The number of benzene rings is 1. The van der Waals surface area contributed by atoms with Crippen molar-refractivity contribution in [2.45, 2.75) is 39.0 Å². The lowest BCUT2D eigenvalue weighted by atomic mass is 9.97. The molecule has 1 N–H and O–H groups in total. The zero-order valence-electron chi connectivity index (χ0n) is 15.5. The standard InChI is InChI=1S/C21H31N3O/c1-18-6-5-9-20(16-18)23-12-14-24(15-13-23)21(25)17-22-11-10-19-7-3-2-4-8-19/h5-7,9,16,22H,2-4,8,10-15,17H2,1H3. The maximum atomic E-state index is 12.4. The summed E-state index contributed by atoms with van der Waals surface area (Å²) >= 11 is 0. The topological polar surface area (TPSA) is 35.6 Å². The molecule has 1 amide bonds. The zero-order chi connectivity index (χ0) is 17.5. The summed E-state index contributed by atoms with van der Waals surface area (Å²) in [5.41, 5.74) is 4.12. The van der Waals surface area contributed by atoms with Crippen LogP contribution in [-0.2, 0) is 4.79 Å². The smallest absolute Gasteiger partial charge is 0.236 e. The highest BCUT2D eigenvalue weighted by atomic mass is 16.2. The Morgan fingerprint density at radius 2 is 2.00 bits per heavy atom. The largest absolute Gasteiger partial charge is 0.368 e. The predicted octanol–water partition coefficient (Wildman–Crippen LogP) is 3.12. The molecule has 0 aromatic heterocycles. The number of carbonyl (C=O) groups excluding carboxylic acids is 1. The number of rotatable bonds is 6. The third-order valence-corrected chi connectivity index (χ3v) is 5.28. The molecule has 1 aromatic carbocycles. The Morgan fingerprint density at radius 3 is 2.72 bits per heavy atom. The number of nitrogens with zero attached hydrogens (tertiary/aromatic N) is 2. The van der Waals surface area contributed by atoms with Gasteiger partial charge in [0.05, 0.1) is 6.54 Å². The normalized spacial score (nSPS) is 18.2. The predicted molar refractivity (Wildman–Crippen MR) is 104 cm³/mol. The van der Waals surface area contributed by atoms with E-state index in [-0.39, 0.29) is 5.91 Å². The van der Waals surface area contributed by atoms with Gasteiger partial charge in [-0.05, 0) is 63.3 Å². The number of hydrogen-bond donors (Lipinski definition) is 1. The highest BCUT2D eigenvalue weighted by Crippen LogP contribution is 2.19. The Kier molecular flexibility index (Phi) is 6.51. The summed E-state index contributed by atoms with van der Waals surface area (Å²) < 4.78 is 0. The number of aryl methyl sites for hydroxylation is 1. The minimum Gasteiger partial charge on any atom is -0.368 e. The highest BCUT2D eigenvalue weighted by Gasteiger charge is 2.20. The van der Waals surface area contributed by atoms with Crippen molar-refractivity contribution >= 4 is 11.6 Å². The number of amides is 1. The Labute approximate surface area is 151 Å². The molecule has 4 nitrogen and oxygen atoms in total. The van der Waals surface area contributed by atoms with E-state index < -0.39 is 0 Å². The van der Waals surface area contributed by atoms with Crippen LogP contribution in [0.3, 0.4) is 0 Å². The first-order valence-corrected chi connectivity index (χ1v) is 9.70. The van der Waals surface area contributed by atoms with Gasteiger partial charge in [0.1, 0.15) is 0 Å². The van der Waals surface area contributed by atoms with Crippen LogP contribution in [0.4, 0.5) is 5.69 Å². The Balaban J connectivity index is 1.36. The average molecular weight is 341 g/mol. The second-order valence-corrected chi connectivity index (χ2v) is 7.24. The van der Waals surface area contributed by atoms with E-state index in [0.29, 0.717) is 6.54 Å². The van der Waals surface area contributed by atoms with Crippen molar-refractivity contribution in [2.24, 2.45) is 0 Å². The van der Waals surface area contributed by atoms with E-state index in [4.69, 9.17) is 0 Å². The summed E-state index contributed by atoms with van der Waals surface area (Å²) in [5.74, 6) is 0.238. The van der Waals surface area contributed by atoms with Crippen molar-refractivity contribution in [2.75, 3.05) is 44.2 Å². The summed E-state index contributed by atoms with van der Waals surface area (Å²) in [6.07, 6.45) is 8.63. The van der Waals surface area contributed by atoms with Gasteiger partial charge in [-0.3, -0.25) is 4.79 Å². The molecule has 4 heteroatoms. The molecule has 1 heterocycles. The maximum Gasteiger partial charge on any atom is 0.236 e. The first kappa shape index (κ1) is 18.0. The van der Waals surface area contributed by atoms with Gasteiger partial charge < -0.3 is 15.1 Å². The summed E-state index contributed by atoms with van der Waals surface area (Å²) in [6, 6.07) is 8.61. The molecule has 136 valence electrons. The van der Waals surface area contributed by atoms with Crippen LogP contribution in [0, 0.1) is 6.92 Å². The monoisotopic (exact) mass is 341 g/mol. The van der Waals surface area contributed by atoms with E-state index in [0.717, 1.165) is 39.1 Å². The van der Waals surface area contributed by atoms with Crippen LogP contribution < -0.4 is 10.2 Å². The van der Waals surface area contributed by atoms with E-state index in [2.05, 4.69) is 47.5 Å². The lowest BCUT2D eigenvalue weighted by Crippen LogP contribution is -2.51. The van der Waals surface area contributed by atoms with Crippen molar-refractivity contribution in [3.8, 4) is 0 Å². The number of anilines is 1. The molecule has 1 saturated heterocycles. The van der Waals surface area contributed by atoms with Gasteiger partial charge >= 0.3 is 0 Å². The van der Waals surface area contributed by atoms with Crippen molar-refractivity contribution in [3.05, 3.63) is 41.5 Å². The molecule has 2 aliphatic rings. The third kappa shape index (κ3) is 5.33. The average Bonchev–Trinajstić information content (AvgIpc) is 2.66. The molecule has 1 fully saturated rings. The number of hydrogen-bond acceptors (Lipinski definition) is 3. The molecular formula is C21H31N3O. The SMILES string of the molecule is Cc1cccc(N2CCN(C(=O)CNCCC3=CCCCC3)CC2)c1. The number of carbonyl (C=O) groups is 1. The van der Waals surface area contributed by atoms with E-state index >= 15 is 0 Å². The van der Waals surface area contributed by atoms with Crippen LogP contribution in [0.25, 0.3) is 0 Å². The van der Waals surface area contributed by atoms with Gasteiger partial charge in [0.25, 0.3) is 0 Å². The number of allylic oxidation sites excluding steroid dienone is 1. The molecule has 1 aliphatic heterocycles. The van der Waals surface area contributed by atoms with E-state index in [1.807, 2.05) is 4.90 Å². The van der Waals surface area contributed by atoms with Crippen LogP contribution in [0.2, 0.25) is 0 Å². The number of piperazine rings is 1. The summed E-state index contributed by atoms with van der Waals surface area (Å²) in [7, 11) is 0. The fourth-order valence-corrected chi connectivity index (χ4v) is 3.73. The molecule has 1 aromatic rings. The highest BCUT2D eigenvalue weighted by molar-refractivity contribution is 5.78. The Bertz CT molecular complexity index is 603. The molecule has 0 unspecified atom stereocenters. The van der Waals surface area contributed by atoms with Crippen LogP contribution in [0.15, 0.2) is 35.9 Å². The summed E-state index contributed by atoms with van der Waals surface area (Å²) in [6.45, 7) is 6.99. The van der Waals surface area contributed by atoms with Crippen molar-refractivity contribution in [1.82, 2.24) is 10.2 Å². The van der Waals surface area contributed by atoms with Gasteiger partial charge in [0.15, 0.2) is 0 Å². The van der Waals surface area contributed by atoms with Crippen LogP contribution in [0.5, 0.6) is 0 Å². The zero-order valence-corrected chi connectivity index (χ0v) is 15.5. The molecule has 0 bridgehead atoms. The van der Waals surface area contributed by atoms with Crippen LogP contribution in [0.1, 0.15) is 37.7 Å². The second kappa shape index (κ2) is 9.04. The van der Waals surface area contributed by atoms with Crippen molar-refractivity contribution < 1.29 is 4.79 Å². The first-order valence-electron chi connectivity index (χ1n) is 9.70. The van der Waals surface area contributed by atoms with Gasteiger partial charge in [-0.2, -0.15) is 0 Å². The molecule has 3 rings (SSSR count). The molecule has 1 aliphatic carbocycles. The number of nitrogens with one attached hydrogen (secondary N) is 1. The fourth-order valence-electron chi connectivity index (χ4n) is 3.73. The molecule has 0 spiro atoms. The lowest BCUT2D eigenvalue weighted by molar-refractivity contribution is -0.130.